The Hall–Kier alpha value is 0.110. The van der Waals surface area contributed by atoms with Crippen molar-refractivity contribution in [1.82, 2.24) is 0 Å². The van der Waals surface area contributed by atoms with Crippen molar-refractivity contribution < 1.29 is 13.5 Å². The maximum atomic E-state index is 12.4. The lowest BCUT2D eigenvalue weighted by atomic mass is 9.68. The number of rotatable bonds is 3. The first-order valence-electron chi connectivity index (χ1n) is 3.46. The van der Waals surface area contributed by atoms with Crippen LogP contribution in [0, 0.1) is 5.41 Å². The molecule has 0 heterocycles. The van der Waals surface area contributed by atoms with Crippen LogP contribution in [0.1, 0.15) is 12.8 Å². The molecule has 0 aromatic heterocycles. The van der Waals surface area contributed by atoms with Gasteiger partial charge in [-0.3, -0.25) is 0 Å². The van der Waals surface area contributed by atoms with Crippen LogP contribution < -0.4 is 0 Å². The number of halogens is 3. The number of hydrogen-bond donors (Lipinski definition) is 0. The van der Waals surface area contributed by atoms with Gasteiger partial charge in [-0.1, -0.05) is 0 Å². The van der Waals surface area contributed by atoms with E-state index in [9.17, 15) is 8.78 Å². The molecular weight excluding hydrogens is 174 g/mol. The average molecular weight is 185 g/mol. The largest absolute Gasteiger partial charge is 0.384 e. The van der Waals surface area contributed by atoms with Gasteiger partial charge in [0, 0.05) is 31.2 Å². The first kappa shape index (κ1) is 9.20. The number of ether oxygens (including phenoxy) is 1. The molecule has 0 spiro atoms. The van der Waals surface area contributed by atoms with Crippen LogP contribution in [0.4, 0.5) is 8.78 Å². The lowest BCUT2D eigenvalue weighted by Gasteiger charge is -2.45. The lowest BCUT2D eigenvalue weighted by molar-refractivity contribution is -0.169. The van der Waals surface area contributed by atoms with E-state index in [1.165, 1.54) is 7.11 Å². The lowest BCUT2D eigenvalue weighted by Crippen LogP contribution is -2.50. The molecule has 0 radical (unpaired) electrons. The minimum absolute atomic E-state index is 0.128. The molecule has 0 saturated heterocycles. The standard InChI is InChI=1S/C7H11ClF2O/c1-11-5-6(4-8)2-7(9,10)3-6/h2-5H2,1H3. The summed E-state index contributed by atoms with van der Waals surface area (Å²) in [4.78, 5) is 0. The Bertz CT molecular complexity index is 141. The van der Waals surface area contributed by atoms with Crippen LogP contribution in [0.15, 0.2) is 0 Å². The summed E-state index contributed by atoms with van der Waals surface area (Å²) in [5.74, 6) is -2.25. The van der Waals surface area contributed by atoms with Crippen molar-refractivity contribution in [2.24, 2.45) is 5.41 Å². The van der Waals surface area contributed by atoms with Gasteiger partial charge in [-0.15, -0.1) is 11.6 Å². The van der Waals surface area contributed by atoms with Gasteiger partial charge in [0.15, 0.2) is 0 Å². The maximum Gasteiger partial charge on any atom is 0.249 e. The second kappa shape index (κ2) is 2.87. The molecule has 1 aliphatic rings. The van der Waals surface area contributed by atoms with Gasteiger partial charge in [0.05, 0.1) is 6.61 Å². The molecule has 0 amide bonds. The highest BCUT2D eigenvalue weighted by atomic mass is 35.5. The van der Waals surface area contributed by atoms with Crippen molar-refractivity contribution in [1.29, 1.82) is 0 Å². The van der Waals surface area contributed by atoms with Gasteiger partial charge >= 0.3 is 0 Å². The predicted octanol–water partition coefficient (Wildman–Crippen LogP) is 2.29. The topological polar surface area (TPSA) is 9.23 Å². The summed E-state index contributed by atoms with van der Waals surface area (Å²) < 4.78 is 29.7. The molecule has 11 heavy (non-hydrogen) atoms. The van der Waals surface area contributed by atoms with Gasteiger partial charge in [0.1, 0.15) is 0 Å². The van der Waals surface area contributed by atoms with Crippen LogP contribution in [0.2, 0.25) is 0 Å². The quantitative estimate of drug-likeness (QED) is 0.612. The average Bonchev–Trinajstić information content (AvgIpc) is 1.84. The van der Waals surface area contributed by atoms with Crippen molar-refractivity contribution in [2.75, 3.05) is 19.6 Å². The van der Waals surface area contributed by atoms with Crippen molar-refractivity contribution >= 4 is 11.6 Å². The van der Waals surface area contributed by atoms with Crippen molar-refractivity contribution in [2.45, 2.75) is 18.8 Å². The molecule has 66 valence electrons. The molecule has 0 bridgehead atoms. The molecule has 0 aromatic carbocycles. The van der Waals surface area contributed by atoms with Crippen LogP contribution in [0.5, 0.6) is 0 Å². The summed E-state index contributed by atoms with van der Waals surface area (Å²) in [6.45, 7) is 0.339. The zero-order valence-electron chi connectivity index (χ0n) is 6.37. The van der Waals surface area contributed by atoms with Crippen LogP contribution in [-0.4, -0.2) is 25.5 Å². The molecule has 0 aliphatic heterocycles. The predicted molar refractivity (Wildman–Crippen MR) is 39.2 cm³/mol. The first-order chi connectivity index (χ1) is 5.04. The second-order valence-corrected chi connectivity index (χ2v) is 3.54. The third-order valence-electron chi connectivity index (χ3n) is 2.00. The van der Waals surface area contributed by atoms with Crippen molar-refractivity contribution in [3.05, 3.63) is 0 Å². The van der Waals surface area contributed by atoms with Gasteiger partial charge in [-0.05, 0) is 0 Å². The fraction of sp³-hybridized carbons (Fsp3) is 1.00. The Morgan fingerprint density at radius 2 is 2.00 bits per heavy atom. The normalized spacial score (nSPS) is 26.2. The van der Waals surface area contributed by atoms with E-state index in [0.29, 0.717) is 6.61 Å². The van der Waals surface area contributed by atoms with E-state index < -0.39 is 11.3 Å². The minimum Gasteiger partial charge on any atom is -0.384 e. The Balaban J connectivity index is 2.43. The van der Waals surface area contributed by atoms with E-state index in [0.717, 1.165) is 0 Å². The third kappa shape index (κ3) is 1.82. The van der Waals surface area contributed by atoms with Crippen molar-refractivity contribution in [3.63, 3.8) is 0 Å². The van der Waals surface area contributed by atoms with Crippen molar-refractivity contribution in [3.8, 4) is 0 Å². The fourth-order valence-corrected chi connectivity index (χ4v) is 1.85. The van der Waals surface area contributed by atoms with E-state index in [1.807, 2.05) is 0 Å². The molecule has 1 saturated carbocycles. The number of methoxy groups -OCH3 is 1. The van der Waals surface area contributed by atoms with E-state index >= 15 is 0 Å². The van der Waals surface area contributed by atoms with E-state index in [-0.39, 0.29) is 18.7 Å². The monoisotopic (exact) mass is 184 g/mol. The fourth-order valence-electron chi connectivity index (χ4n) is 1.59. The molecule has 1 aliphatic carbocycles. The Kier molecular flexibility index (Phi) is 2.40. The molecule has 0 atom stereocenters. The minimum atomic E-state index is -2.51. The molecule has 0 N–H and O–H groups in total. The number of alkyl halides is 3. The molecule has 1 rings (SSSR count). The van der Waals surface area contributed by atoms with Gasteiger partial charge < -0.3 is 4.74 Å². The highest BCUT2D eigenvalue weighted by Crippen LogP contribution is 2.52. The highest BCUT2D eigenvalue weighted by Gasteiger charge is 2.55. The highest BCUT2D eigenvalue weighted by molar-refractivity contribution is 6.18. The van der Waals surface area contributed by atoms with Gasteiger partial charge in [-0.2, -0.15) is 0 Å². The van der Waals surface area contributed by atoms with Crippen LogP contribution in [0.25, 0.3) is 0 Å². The van der Waals surface area contributed by atoms with E-state index in [2.05, 4.69) is 0 Å². The van der Waals surface area contributed by atoms with E-state index in [4.69, 9.17) is 16.3 Å². The summed E-state index contributed by atoms with van der Waals surface area (Å²) in [5, 5.41) is 0. The van der Waals surface area contributed by atoms with Gasteiger partial charge in [0.2, 0.25) is 5.92 Å². The Morgan fingerprint density at radius 1 is 1.45 bits per heavy atom. The summed E-state index contributed by atoms with van der Waals surface area (Å²) in [6.07, 6.45) is -0.255. The summed E-state index contributed by atoms with van der Waals surface area (Å²) in [6, 6.07) is 0. The Morgan fingerprint density at radius 3 is 2.27 bits per heavy atom. The zero-order chi connectivity index (χ0) is 8.54. The number of hydrogen-bond acceptors (Lipinski definition) is 1. The van der Waals surface area contributed by atoms with Crippen LogP contribution >= 0.6 is 11.6 Å². The molecule has 4 heteroatoms. The second-order valence-electron chi connectivity index (χ2n) is 3.28. The van der Waals surface area contributed by atoms with Gasteiger partial charge in [0.25, 0.3) is 0 Å². The van der Waals surface area contributed by atoms with E-state index in [1.54, 1.807) is 0 Å². The molecule has 0 aromatic rings. The SMILES string of the molecule is COCC1(CCl)CC(F)(F)C1. The molecule has 1 fully saturated rings. The van der Waals surface area contributed by atoms with Crippen LogP contribution in [0.3, 0.4) is 0 Å². The molecule has 1 nitrogen and oxygen atoms in total. The summed E-state index contributed by atoms with van der Waals surface area (Å²) in [7, 11) is 1.50. The smallest absolute Gasteiger partial charge is 0.249 e. The Labute approximate surface area is 69.7 Å². The third-order valence-corrected chi connectivity index (χ3v) is 2.57. The summed E-state index contributed by atoms with van der Waals surface area (Å²) >= 11 is 5.55. The van der Waals surface area contributed by atoms with Crippen LogP contribution in [-0.2, 0) is 4.74 Å². The molecular formula is C7H11ClF2O. The first-order valence-corrected chi connectivity index (χ1v) is 4.00. The molecule has 0 unspecified atom stereocenters. The zero-order valence-corrected chi connectivity index (χ0v) is 7.13. The van der Waals surface area contributed by atoms with Gasteiger partial charge in [-0.25, -0.2) is 8.78 Å². The maximum absolute atomic E-state index is 12.4. The summed E-state index contributed by atoms with van der Waals surface area (Å²) in [5.41, 5.74) is -0.459.